The largest absolute Gasteiger partial charge is 0.465 e. The molecule has 0 radical (unpaired) electrons. The van der Waals surface area contributed by atoms with Crippen LogP contribution in [-0.2, 0) is 14.3 Å². The van der Waals surface area contributed by atoms with Crippen molar-refractivity contribution in [2.75, 3.05) is 18.8 Å². The molecule has 1 amide bonds. The molecule has 0 bridgehead atoms. The minimum absolute atomic E-state index is 0.169. The highest BCUT2D eigenvalue weighted by Crippen LogP contribution is 2.37. The number of para-hydroxylation sites is 1. The predicted molar refractivity (Wildman–Crippen MR) is 99.2 cm³/mol. The summed E-state index contributed by atoms with van der Waals surface area (Å²) in [5, 5.41) is 0. The van der Waals surface area contributed by atoms with Crippen LogP contribution in [-0.4, -0.2) is 25.8 Å². The van der Waals surface area contributed by atoms with E-state index in [9.17, 15) is 9.59 Å². The van der Waals surface area contributed by atoms with Crippen LogP contribution in [0.5, 0.6) is 11.5 Å². The summed E-state index contributed by atoms with van der Waals surface area (Å²) in [6.07, 6.45) is 1.67. The zero-order chi connectivity index (χ0) is 19.0. The van der Waals surface area contributed by atoms with Crippen molar-refractivity contribution in [2.45, 2.75) is 6.92 Å². The second kappa shape index (κ2) is 6.64. The van der Waals surface area contributed by atoms with Gasteiger partial charge in [-0.25, -0.2) is 4.79 Å². The Kier molecular flexibility index (Phi) is 4.16. The zero-order valence-corrected chi connectivity index (χ0v) is 14.9. The monoisotopic (exact) mass is 363 g/mol. The van der Waals surface area contributed by atoms with E-state index in [2.05, 4.69) is 0 Å². The van der Waals surface area contributed by atoms with Crippen LogP contribution in [0.2, 0.25) is 0 Å². The molecule has 6 nitrogen and oxygen atoms in total. The van der Waals surface area contributed by atoms with Crippen LogP contribution in [0.25, 0.3) is 6.08 Å². The molecule has 4 rings (SSSR count). The second-order valence-corrected chi connectivity index (χ2v) is 6.10. The first-order chi connectivity index (χ1) is 13.1. The van der Waals surface area contributed by atoms with E-state index in [0.29, 0.717) is 22.9 Å². The Morgan fingerprint density at radius 2 is 1.85 bits per heavy atom. The highest BCUT2D eigenvalue weighted by molar-refractivity contribution is 6.23. The molecule has 0 N–H and O–H groups in total. The van der Waals surface area contributed by atoms with Crippen LogP contribution < -0.4 is 14.4 Å². The van der Waals surface area contributed by atoms with E-state index in [1.165, 1.54) is 12.0 Å². The van der Waals surface area contributed by atoms with E-state index >= 15 is 0 Å². The van der Waals surface area contributed by atoms with Crippen molar-refractivity contribution in [3.8, 4) is 11.5 Å². The van der Waals surface area contributed by atoms with Gasteiger partial charge in [0.1, 0.15) is 0 Å². The molecular formula is C21H17NO5. The fourth-order valence-corrected chi connectivity index (χ4v) is 3.24. The van der Waals surface area contributed by atoms with Gasteiger partial charge in [-0.05, 0) is 42.8 Å². The fourth-order valence-electron chi connectivity index (χ4n) is 3.24. The number of anilines is 1. The van der Waals surface area contributed by atoms with Gasteiger partial charge in [0.05, 0.1) is 18.3 Å². The number of hydrogen-bond donors (Lipinski definition) is 0. The second-order valence-electron chi connectivity index (χ2n) is 6.10. The number of carbonyl (C=O) groups excluding carboxylic acids is 2. The van der Waals surface area contributed by atoms with E-state index in [-0.39, 0.29) is 23.8 Å². The third-order valence-electron chi connectivity index (χ3n) is 4.51. The van der Waals surface area contributed by atoms with Crippen molar-refractivity contribution in [3.05, 3.63) is 70.9 Å². The van der Waals surface area contributed by atoms with E-state index in [1.807, 2.05) is 36.4 Å². The predicted octanol–water partition coefficient (Wildman–Crippen LogP) is 3.29. The Hall–Kier alpha value is -3.54. The van der Waals surface area contributed by atoms with Gasteiger partial charge in [0, 0.05) is 11.4 Å². The van der Waals surface area contributed by atoms with E-state index < -0.39 is 5.97 Å². The van der Waals surface area contributed by atoms with Crippen LogP contribution in [0.1, 0.15) is 12.5 Å². The van der Waals surface area contributed by atoms with Crippen LogP contribution >= 0.6 is 0 Å². The van der Waals surface area contributed by atoms with Gasteiger partial charge in [-0.2, -0.15) is 0 Å². The quantitative estimate of drug-likeness (QED) is 0.618. The average Bonchev–Trinajstić information content (AvgIpc) is 3.24. The maximum absolute atomic E-state index is 13.1. The van der Waals surface area contributed by atoms with Crippen molar-refractivity contribution in [2.24, 2.45) is 0 Å². The third-order valence-corrected chi connectivity index (χ3v) is 4.51. The van der Waals surface area contributed by atoms with Gasteiger partial charge in [-0.1, -0.05) is 24.3 Å². The molecule has 0 saturated heterocycles. The molecule has 0 atom stereocenters. The third kappa shape index (κ3) is 2.85. The number of nitrogens with zero attached hydrogens (tertiary/aromatic N) is 1. The number of carbonyl (C=O) groups is 2. The maximum Gasteiger partial charge on any atom is 0.340 e. The van der Waals surface area contributed by atoms with Crippen molar-refractivity contribution >= 4 is 23.6 Å². The number of amides is 1. The lowest BCUT2D eigenvalue weighted by molar-refractivity contribution is -0.136. The lowest BCUT2D eigenvalue weighted by atomic mass is 10.0. The Morgan fingerprint density at radius 1 is 1.11 bits per heavy atom. The van der Waals surface area contributed by atoms with Gasteiger partial charge >= 0.3 is 5.97 Å². The standard InChI is InChI=1S/C21H17NO5/c1-13-19(21(24)25-2)16(20(23)22(13)15-6-4-3-5-7-15)10-14-8-9-17-18(11-14)27-12-26-17/h3-11H,12H2,1-2H3/b16-10-. The summed E-state index contributed by atoms with van der Waals surface area (Å²) >= 11 is 0. The Morgan fingerprint density at radius 3 is 2.59 bits per heavy atom. The number of methoxy groups -OCH3 is 1. The van der Waals surface area contributed by atoms with E-state index in [1.54, 1.807) is 25.1 Å². The summed E-state index contributed by atoms with van der Waals surface area (Å²) in [6.45, 7) is 1.90. The van der Waals surface area contributed by atoms with E-state index in [0.717, 1.165) is 5.56 Å². The lowest BCUT2D eigenvalue weighted by Crippen LogP contribution is -2.24. The summed E-state index contributed by atoms with van der Waals surface area (Å²) in [6, 6.07) is 14.5. The molecule has 0 unspecified atom stereocenters. The first-order valence-electron chi connectivity index (χ1n) is 8.40. The van der Waals surface area contributed by atoms with Crippen LogP contribution in [0.4, 0.5) is 5.69 Å². The number of hydrogen-bond acceptors (Lipinski definition) is 5. The van der Waals surface area contributed by atoms with Crippen molar-refractivity contribution in [3.63, 3.8) is 0 Å². The molecule has 27 heavy (non-hydrogen) atoms. The summed E-state index contributed by atoms with van der Waals surface area (Å²) in [4.78, 5) is 27.0. The summed E-state index contributed by atoms with van der Waals surface area (Å²) in [5.41, 5.74) is 2.48. The van der Waals surface area contributed by atoms with Crippen molar-refractivity contribution in [1.29, 1.82) is 0 Å². The Labute approximate surface area is 156 Å². The molecule has 2 aromatic rings. The number of rotatable bonds is 3. The van der Waals surface area contributed by atoms with Gasteiger partial charge < -0.3 is 14.2 Å². The summed E-state index contributed by atoms with van der Waals surface area (Å²) in [5.74, 6) is 0.429. The van der Waals surface area contributed by atoms with Gasteiger partial charge in [-0.15, -0.1) is 0 Å². The highest BCUT2D eigenvalue weighted by atomic mass is 16.7. The minimum atomic E-state index is -0.550. The van der Waals surface area contributed by atoms with Gasteiger partial charge in [0.25, 0.3) is 5.91 Å². The number of fused-ring (bicyclic) bond motifs is 1. The number of benzene rings is 2. The SMILES string of the molecule is COC(=O)C1=C(C)N(c2ccccc2)C(=O)/C1=C\c1ccc2c(c1)OCO2. The molecule has 2 heterocycles. The molecule has 136 valence electrons. The van der Waals surface area contributed by atoms with Crippen molar-refractivity contribution in [1.82, 2.24) is 0 Å². The van der Waals surface area contributed by atoms with Gasteiger partial charge in [-0.3, -0.25) is 9.69 Å². The molecule has 2 aromatic carbocycles. The number of esters is 1. The molecule has 0 saturated carbocycles. The first kappa shape index (κ1) is 16.9. The molecule has 2 aliphatic heterocycles. The Balaban J connectivity index is 1.81. The van der Waals surface area contributed by atoms with Gasteiger partial charge in [0.15, 0.2) is 11.5 Å². The Bertz CT molecular complexity index is 991. The fraction of sp³-hybridized carbons (Fsp3) is 0.143. The average molecular weight is 363 g/mol. The van der Waals surface area contributed by atoms with E-state index in [4.69, 9.17) is 14.2 Å². The normalized spacial score (nSPS) is 17.0. The zero-order valence-electron chi connectivity index (χ0n) is 14.9. The maximum atomic E-state index is 13.1. The number of allylic oxidation sites excluding steroid dienone is 1. The number of ether oxygens (including phenoxy) is 3. The molecule has 2 aliphatic rings. The molecule has 0 aliphatic carbocycles. The van der Waals surface area contributed by atoms with Crippen molar-refractivity contribution < 1.29 is 23.8 Å². The van der Waals surface area contributed by atoms with Crippen LogP contribution in [0.3, 0.4) is 0 Å². The molecule has 0 aromatic heterocycles. The van der Waals surface area contributed by atoms with Crippen LogP contribution in [0.15, 0.2) is 65.4 Å². The molecule has 6 heteroatoms. The minimum Gasteiger partial charge on any atom is -0.465 e. The lowest BCUT2D eigenvalue weighted by Gasteiger charge is -2.17. The molecule has 0 spiro atoms. The smallest absolute Gasteiger partial charge is 0.340 e. The van der Waals surface area contributed by atoms with Crippen LogP contribution in [0, 0.1) is 0 Å². The summed E-state index contributed by atoms with van der Waals surface area (Å²) < 4.78 is 15.6. The first-order valence-corrected chi connectivity index (χ1v) is 8.40. The highest BCUT2D eigenvalue weighted by Gasteiger charge is 2.37. The summed E-state index contributed by atoms with van der Waals surface area (Å²) in [7, 11) is 1.30. The molecule has 0 fully saturated rings. The molecular weight excluding hydrogens is 346 g/mol. The topological polar surface area (TPSA) is 65.1 Å². The van der Waals surface area contributed by atoms with Gasteiger partial charge in [0.2, 0.25) is 6.79 Å².